The maximum atomic E-state index is 12.2. The van der Waals surface area contributed by atoms with E-state index in [4.69, 9.17) is 0 Å². The monoisotopic (exact) mass is 296 g/mol. The highest BCUT2D eigenvalue weighted by Gasteiger charge is 2.40. The van der Waals surface area contributed by atoms with Crippen molar-refractivity contribution in [2.24, 2.45) is 11.3 Å². The minimum atomic E-state index is -0.757. The molecule has 1 saturated heterocycles. The third-order valence-electron chi connectivity index (χ3n) is 5.32. The van der Waals surface area contributed by atoms with Gasteiger partial charge in [0.15, 0.2) is 0 Å². The number of piperidine rings is 1. The normalized spacial score (nSPS) is 22.8. The third-order valence-corrected chi connectivity index (χ3v) is 5.32. The van der Waals surface area contributed by atoms with E-state index in [9.17, 15) is 14.7 Å². The predicted octanol–water partition coefficient (Wildman–Crippen LogP) is 2.85. The van der Waals surface area contributed by atoms with E-state index >= 15 is 0 Å². The number of hydrogen-bond acceptors (Lipinski definition) is 2. The first-order chi connectivity index (χ1) is 10.1. The van der Waals surface area contributed by atoms with E-state index in [0.717, 1.165) is 51.1 Å². The number of nitrogens with one attached hydrogen (secondary N) is 1. The summed E-state index contributed by atoms with van der Waals surface area (Å²) in [5.41, 5.74) is -0.740. The second-order valence-corrected chi connectivity index (χ2v) is 6.64. The molecule has 5 nitrogen and oxygen atoms in total. The zero-order valence-corrected chi connectivity index (χ0v) is 13.1. The number of hydrogen-bond donors (Lipinski definition) is 2. The van der Waals surface area contributed by atoms with Gasteiger partial charge in [-0.2, -0.15) is 0 Å². The van der Waals surface area contributed by atoms with E-state index in [-0.39, 0.29) is 12.6 Å². The maximum absolute atomic E-state index is 12.2. The Kier molecular flexibility index (Phi) is 5.48. The first-order valence-electron chi connectivity index (χ1n) is 8.33. The number of likely N-dealkylation sites (tertiary alicyclic amines) is 1. The Hall–Kier alpha value is -1.26. The van der Waals surface area contributed by atoms with Crippen LogP contribution in [0.3, 0.4) is 0 Å². The third kappa shape index (κ3) is 3.89. The van der Waals surface area contributed by atoms with E-state index in [1.54, 1.807) is 0 Å². The van der Waals surface area contributed by atoms with Crippen molar-refractivity contribution in [3.05, 3.63) is 0 Å². The fourth-order valence-electron chi connectivity index (χ4n) is 3.60. The van der Waals surface area contributed by atoms with Crippen molar-refractivity contribution in [1.29, 1.82) is 0 Å². The largest absolute Gasteiger partial charge is 0.481 e. The van der Waals surface area contributed by atoms with Crippen LogP contribution in [-0.4, -0.2) is 41.6 Å². The summed E-state index contributed by atoms with van der Waals surface area (Å²) in [5, 5.41) is 12.4. The quantitative estimate of drug-likeness (QED) is 0.838. The molecule has 2 amide bonds. The summed E-state index contributed by atoms with van der Waals surface area (Å²) in [6, 6.07) is -0.0873. The molecule has 2 rings (SSSR count). The van der Waals surface area contributed by atoms with Gasteiger partial charge in [-0.3, -0.25) is 4.79 Å². The van der Waals surface area contributed by atoms with Crippen LogP contribution in [0.1, 0.15) is 58.3 Å². The van der Waals surface area contributed by atoms with Crippen LogP contribution in [-0.2, 0) is 4.79 Å². The first kappa shape index (κ1) is 16.1. The van der Waals surface area contributed by atoms with E-state index < -0.39 is 11.4 Å². The number of nitrogens with zero attached hydrogens (tertiary/aromatic N) is 1. The maximum Gasteiger partial charge on any atom is 0.317 e. The van der Waals surface area contributed by atoms with Crippen molar-refractivity contribution in [3.63, 3.8) is 0 Å². The summed E-state index contributed by atoms with van der Waals surface area (Å²) in [5.74, 6) is -0.0232. The molecular formula is C16H28N2O3. The Morgan fingerprint density at radius 1 is 1.19 bits per heavy atom. The van der Waals surface area contributed by atoms with Crippen LogP contribution in [0.25, 0.3) is 0 Å². The average Bonchev–Trinajstić information content (AvgIpc) is 2.53. The van der Waals surface area contributed by atoms with Crippen molar-refractivity contribution in [3.8, 4) is 0 Å². The van der Waals surface area contributed by atoms with Crippen LogP contribution >= 0.6 is 0 Å². The standard InChI is InChI=1S/C16H28N2O3/c1-2-13-6-10-18(11-7-13)15(21)17-12-16(14(19)20)8-4-3-5-9-16/h13H,2-12H2,1H3,(H,17,21)(H,19,20). The first-order valence-corrected chi connectivity index (χ1v) is 8.33. The van der Waals surface area contributed by atoms with Gasteiger partial charge in [-0.15, -0.1) is 0 Å². The molecule has 0 aromatic rings. The molecule has 2 fully saturated rings. The number of amides is 2. The summed E-state index contributed by atoms with van der Waals surface area (Å²) < 4.78 is 0. The molecular weight excluding hydrogens is 268 g/mol. The van der Waals surface area contributed by atoms with Gasteiger partial charge in [-0.25, -0.2) is 4.79 Å². The van der Waals surface area contributed by atoms with Crippen molar-refractivity contribution < 1.29 is 14.7 Å². The van der Waals surface area contributed by atoms with E-state index in [1.807, 2.05) is 4.90 Å². The molecule has 0 bridgehead atoms. The molecule has 5 heteroatoms. The highest BCUT2D eigenvalue weighted by atomic mass is 16.4. The molecule has 1 heterocycles. The topological polar surface area (TPSA) is 69.6 Å². The van der Waals surface area contributed by atoms with Gasteiger partial charge in [0.2, 0.25) is 0 Å². The van der Waals surface area contributed by atoms with Gasteiger partial charge in [0.05, 0.1) is 5.41 Å². The van der Waals surface area contributed by atoms with Crippen molar-refractivity contribution in [2.45, 2.75) is 58.3 Å². The highest BCUT2D eigenvalue weighted by Crippen LogP contribution is 2.36. The van der Waals surface area contributed by atoms with Gasteiger partial charge in [0, 0.05) is 19.6 Å². The lowest BCUT2D eigenvalue weighted by Crippen LogP contribution is -2.50. The molecule has 1 aliphatic heterocycles. The fourth-order valence-corrected chi connectivity index (χ4v) is 3.60. The molecule has 0 aromatic heterocycles. The summed E-state index contributed by atoms with van der Waals surface area (Å²) in [6.07, 6.45) is 7.67. The summed E-state index contributed by atoms with van der Waals surface area (Å²) in [4.78, 5) is 25.6. The van der Waals surface area contributed by atoms with Crippen LogP contribution < -0.4 is 5.32 Å². The Morgan fingerprint density at radius 2 is 1.81 bits per heavy atom. The Balaban J connectivity index is 1.83. The van der Waals surface area contributed by atoms with E-state index in [1.165, 1.54) is 6.42 Å². The Labute approximate surface area is 127 Å². The van der Waals surface area contributed by atoms with Crippen molar-refractivity contribution in [1.82, 2.24) is 10.2 Å². The van der Waals surface area contributed by atoms with Crippen LogP contribution in [0.5, 0.6) is 0 Å². The number of rotatable bonds is 4. The van der Waals surface area contributed by atoms with Gasteiger partial charge in [0.25, 0.3) is 0 Å². The Bertz CT molecular complexity index is 370. The molecule has 2 N–H and O–H groups in total. The minimum Gasteiger partial charge on any atom is -0.481 e. The second-order valence-electron chi connectivity index (χ2n) is 6.64. The lowest BCUT2D eigenvalue weighted by Gasteiger charge is -2.35. The molecule has 0 unspecified atom stereocenters. The SMILES string of the molecule is CCC1CCN(C(=O)NCC2(C(=O)O)CCCCC2)CC1. The second kappa shape index (κ2) is 7.14. The molecule has 0 radical (unpaired) electrons. The molecule has 0 atom stereocenters. The van der Waals surface area contributed by atoms with Gasteiger partial charge in [-0.1, -0.05) is 32.6 Å². The molecule has 0 spiro atoms. The predicted molar refractivity (Wildman–Crippen MR) is 81.1 cm³/mol. The number of carbonyl (C=O) groups is 2. The summed E-state index contributed by atoms with van der Waals surface area (Å²) >= 11 is 0. The Morgan fingerprint density at radius 3 is 2.33 bits per heavy atom. The van der Waals surface area contributed by atoms with E-state index in [2.05, 4.69) is 12.2 Å². The van der Waals surface area contributed by atoms with Crippen molar-refractivity contribution in [2.75, 3.05) is 19.6 Å². The van der Waals surface area contributed by atoms with Crippen LogP contribution in [0.15, 0.2) is 0 Å². The van der Waals surface area contributed by atoms with Crippen LogP contribution in [0.4, 0.5) is 4.79 Å². The van der Waals surface area contributed by atoms with Crippen molar-refractivity contribution >= 4 is 12.0 Å². The zero-order valence-electron chi connectivity index (χ0n) is 13.1. The van der Waals surface area contributed by atoms with E-state index in [0.29, 0.717) is 12.8 Å². The molecule has 2 aliphatic rings. The average molecular weight is 296 g/mol. The van der Waals surface area contributed by atoms with Gasteiger partial charge >= 0.3 is 12.0 Å². The molecule has 0 aromatic carbocycles. The number of aliphatic carboxylic acids is 1. The number of urea groups is 1. The fraction of sp³-hybridized carbons (Fsp3) is 0.875. The molecule has 21 heavy (non-hydrogen) atoms. The minimum absolute atomic E-state index is 0.0873. The van der Waals surface area contributed by atoms with Gasteiger partial charge in [-0.05, 0) is 31.6 Å². The molecule has 120 valence electrons. The number of carbonyl (C=O) groups excluding carboxylic acids is 1. The van der Waals surface area contributed by atoms with Crippen LogP contribution in [0, 0.1) is 11.3 Å². The summed E-state index contributed by atoms with van der Waals surface area (Å²) in [7, 11) is 0. The lowest BCUT2D eigenvalue weighted by molar-refractivity contribution is -0.150. The molecule has 1 saturated carbocycles. The number of carboxylic acid groups (broad SMARTS) is 1. The smallest absolute Gasteiger partial charge is 0.317 e. The van der Waals surface area contributed by atoms with Gasteiger partial charge in [0.1, 0.15) is 0 Å². The molecule has 1 aliphatic carbocycles. The number of carboxylic acids is 1. The zero-order chi connectivity index (χ0) is 15.3. The summed E-state index contributed by atoms with van der Waals surface area (Å²) in [6.45, 7) is 4.06. The highest BCUT2D eigenvalue weighted by molar-refractivity contribution is 5.78. The lowest BCUT2D eigenvalue weighted by atomic mass is 9.74. The van der Waals surface area contributed by atoms with Gasteiger partial charge < -0.3 is 15.3 Å². The van der Waals surface area contributed by atoms with Crippen LogP contribution in [0.2, 0.25) is 0 Å².